The zero-order chi connectivity index (χ0) is 15.0. The highest BCUT2D eigenvalue weighted by atomic mass is 32.2. The number of fused-ring (bicyclic) bond motifs is 1. The van der Waals surface area contributed by atoms with Gasteiger partial charge in [0, 0.05) is 7.05 Å². The predicted molar refractivity (Wildman–Crippen MR) is 80.5 cm³/mol. The Kier molecular flexibility index (Phi) is 3.27. The molecule has 1 heterocycles. The van der Waals surface area contributed by atoms with Crippen molar-refractivity contribution < 1.29 is 8.42 Å². The van der Waals surface area contributed by atoms with Crippen molar-refractivity contribution in [2.24, 2.45) is 12.8 Å². The number of nitrogens with zero attached hydrogens (tertiary/aromatic N) is 2. The van der Waals surface area contributed by atoms with Crippen molar-refractivity contribution in [1.82, 2.24) is 9.55 Å². The van der Waals surface area contributed by atoms with Crippen LogP contribution < -0.4 is 5.73 Å². The summed E-state index contributed by atoms with van der Waals surface area (Å²) in [6.07, 6.45) is 1.35. The Labute approximate surface area is 123 Å². The second kappa shape index (κ2) is 4.98. The van der Waals surface area contributed by atoms with E-state index >= 15 is 0 Å². The van der Waals surface area contributed by atoms with Crippen molar-refractivity contribution in [3.05, 3.63) is 54.5 Å². The molecule has 2 N–H and O–H groups in total. The van der Waals surface area contributed by atoms with E-state index in [-0.39, 0.29) is 16.5 Å². The third-order valence-corrected chi connectivity index (χ3v) is 5.34. The Morgan fingerprint density at radius 3 is 2.52 bits per heavy atom. The third-order valence-electron chi connectivity index (χ3n) is 3.53. The van der Waals surface area contributed by atoms with Crippen molar-refractivity contribution >= 4 is 20.6 Å². The summed E-state index contributed by atoms with van der Waals surface area (Å²) in [5.74, 6) is 0.536. The molecule has 0 unspecified atom stereocenters. The molecule has 3 rings (SSSR count). The first kappa shape index (κ1) is 13.8. The van der Waals surface area contributed by atoms with Crippen molar-refractivity contribution in [2.45, 2.75) is 16.5 Å². The smallest absolute Gasteiger partial charge is 0.223 e. The van der Waals surface area contributed by atoms with Gasteiger partial charge in [0.05, 0.1) is 17.6 Å². The average molecular weight is 301 g/mol. The second-order valence-electron chi connectivity index (χ2n) is 4.79. The lowest BCUT2D eigenvalue weighted by Crippen LogP contribution is -2.11. The fourth-order valence-electron chi connectivity index (χ4n) is 2.32. The van der Waals surface area contributed by atoms with Gasteiger partial charge in [0.2, 0.25) is 9.84 Å². The molecule has 0 radical (unpaired) electrons. The molecule has 1 aromatic heterocycles. The van der Waals surface area contributed by atoms with Crippen molar-refractivity contribution in [1.29, 1.82) is 0 Å². The summed E-state index contributed by atoms with van der Waals surface area (Å²) < 4.78 is 27.0. The first-order valence-corrected chi connectivity index (χ1v) is 7.97. The minimum Gasteiger partial charge on any atom is -0.324 e. The third kappa shape index (κ3) is 2.22. The maximum absolute atomic E-state index is 12.7. The Hall–Kier alpha value is -2.18. The molecule has 0 saturated carbocycles. The molecule has 0 amide bonds. The summed E-state index contributed by atoms with van der Waals surface area (Å²) >= 11 is 0. The molecule has 0 fully saturated rings. The lowest BCUT2D eigenvalue weighted by atomic mass is 10.1. The van der Waals surface area contributed by atoms with E-state index in [0.29, 0.717) is 5.82 Å². The van der Waals surface area contributed by atoms with E-state index in [9.17, 15) is 8.42 Å². The molecular formula is C15H15N3O2S. The van der Waals surface area contributed by atoms with Gasteiger partial charge in [-0.25, -0.2) is 13.4 Å². The van der Waals surface area contributed by atoms with Crippen LogP contribution in [0.3, 0.4) is 0 Å². The highest BCUT2D eigenvalue weighted by Crippen LogP contribution is 2.24. The highest BCUT2D eigenvalue weighted by molar-refractivity contribution is 7.91. The van der Waals surface area contributed by atoms with Gasteiger partial charge < -0.3 is 10.3 Å². The lowest BCUT2D eigenvalue weighted by Gasteiger charge is -2.07. The number of imidazole rings is 1. The van der Waals surface area contributed by atoms with Crippen LogP contribution in [-0.4, -0.2) is 18.0 Å². The van der Waals surface area contributed by atoms with Crippen LogP contribution in [0.2, 0.25) is 0 Å². The number of aromatic nitrogens is 2. The molecular weight excluding hydrogens is 286 g/mol. The molecule has 0 aliphatic carbocycles. The van der Waals surface area contributed by atoms with Crippen LogP contribution in [0.1, 0.15) is 5.82 Å². The van der Waals surface area contributed by atoms with Crippen LogP contribution in [0.15, 0.2) is 58.6 Å². The molecule has 0 aliphatic heterocycles. The zero-order valence-corrected chi connectivity index (χ0v) is 12.3. The van der Waals surface area contributed by atoms with E-state index in [0.717, 1.165) is 10.8 Å². The summed E-state index contributed by atoms with van der Waals surface area (Å²) in [6.45, 7) is 0.198. The summed E-state index contributed by atoms with van der Waals surface area (Å²) in [5.41, 5.74) is 5.54. The topological polar surface area (TPSA) is 78.0 Å². The highest BCUT2D eigenvalue weighted by Gasteiger charge is 2.23. The fourth-order valence-corrected chi connectivity index (χ4v) is 3.75. The minimum absolute atomic E-state index is 0.151. The second-order valence-corrected chi connectivity index (χ2v) is 6.68. The Balaban J connectivity index is 2.17. The summed E-state index contributed by atoms with van der Waals surface area (Å²) in [5, 5.41) is 2.04. The number of hydrogen-bond donors (Lipinski definition) is 1. The molecule has 21 heavy (non-hydrogen) atoms. The van der Waals surface area contributed by atoms with Gasteiger partial charge in [-0.1, -0.05) is 30.3 Å². The molecule has 108 valence electrons. The molecule has 0 atom stereocenters. The van der Waals surface area contributed by atoms with Crippen LogP contribution in [0, 0.1) is 0 Å². The van der Waals surface area contributed by atoms with Gasteiger partial charge in [-0.3, -0.25) is 0 Å². The van der Waals surface area contributed by atoms with Crippen LogP contribution >= 0.6 is 0 Å². The molecule has 2 aromatic carbocycles. The molecule has 3 aromatic rings. The molecule has 0 aliphatic rings. The van der Waals surface area contributed by atoms with E-state index in [1.807, 2.05) is 30.3 Å². The molecule has 0 spiro atoms. The Morgan fingerprint density at radius 1 is 1.14 bits per heavy atom. The van der Waals surface area contributed by atoms with Gasteiger partial charge in [0.1, 0.15) is 5.82 Å². The van der Waals surface area contributed by atoms with Crippen molar-refractivity contribution in [3.8, 4) is 0 Å². The van der Waals surface area contributed by atoms with E-state index in [4.69, 9.17) is 5.73 Å². The van der Waals surface area contributed by atoms with E-state index in [1.165, 1.54) is 10.8 Å². The normalized spacial score (nSPS) is 11.9. The standard InChI is InChI=1S/C15H15N3O2S/c1-18-14(9-16)17-10-15(18)21(19,20)13-7-6-11-4-2-3-5-12(11)8-13/h2-8,10H,9,16H2,1H3. The number of hydrogen-bond acceptors (Lipinski definition) is 4. The lowest BCUT2D eigenvalue weighted by molar-refractivity contribution is 0.583. The van der Waals surface area contributed by atoms with Gasteiger partial charge in [-0.15, -0.1) is 0 Å². The largest absolute Gasteiger partial charge is 0.324 e. The first-order chi connectivity index (χ1) is 10.0. The number of benzene rings is 2. The summed E-state index contributed by atoms with van der Waals surface area (Å²) in [4.78, 5) is 4.30. The van der Waals surface area contributed by atoms with E-state index in [1.54, 1.807) is 19.2 Å². The zero-order valence-electron chi connectivity index (χ0n) is 11.5. The van der Waals surface area contributed by atoms with E-state index in [2.05, 4.69) is 4.98 Å². The molecule has 5 nitrogen and oxygen atoms in total. The number of sulfone groups is 1. The molecule has 6 heteroatoms. The SMILES string of the molecule is Cn1c(S(=O)(=O)c2ccc3ccccc3c2)cnc1CN. The van der Waals surface area contributed by atoms with Gasteiger partial charge in [-0.05, 0) is 22.9 Å². The Bertz CT molecular complexity index is 914. The molecule has 0 saturated heterocycles. The van der Waals surface area contributed by atoms with Crippen LogP contribution in [0.5, 0.6) is 0 Å². The minimum atomic E-state index is -3.61. The maximum Gasteiger partial charge on any atom is 0.223 e. The Morgan fingerprint density at radius 2 is 1.86 bits per heavy atom. The summed E-state index contributed by atoms with van der Waals surface area (Å²) in [6, 6.07) is 12.8. The van der Waals surface area contributed by atoms with Gasteiger partial charge in [-0.2, -0.15) is 0 Å². The maximum atomic E-state index is 12.7. The summed E-state index contributed by atoms with van der Waals surface area (Å²) in [7, 11) is -1.95. The van der Waals surface area contributed by atoms with Crippen molar-refractivity contribution in [3.63, 3.8) is 0 Å². The molecule has 0 bridgehead atoms. The average Bonchev–Trinajstić information content (AvgIpc) is 2.88. The van der Waals surface area contributed by atoms with Gasteiger partial charge in [0.15, 0.2) is 5.03 Å². The van der Waals surface area contributed by atoms with Crippen LogP contribution in [0.25, 0.3) is 10.8 Å². The van der Waals surface area contributed by atoms with Crippen LogP contribution in [0.4, 0.5) is 0 Å². The van der Waals surface area contributed by atoms with Crippen molar-refractivity contribution in [2.75, 3.05) is 0 Å². The fraction of sp³-hybridized carbons (Fsp3) is 0.133. The first-order valence-electron chi connectivity index (χ1n) is 6.48. The monoisotopic (exact) mass is 301 g/mol. The number of rotatable bonds is 3. The van der Waals surface area contributed by atoms with Crippen LogP contribution in [-0.2, 0) is 23.4 Å². The van der Waals surface area contributed by atoms with Gasteiger partial charge in [0.25, 0.3) is 0 Å². The quantitative estimate of drug-likeness (QED) is 0.801. The predicted octanol–water partition coefficient (Wildman–Crippen LogP) is 1.86. The van der Waals surface area contributed by atoms with Gasteiger partial charge >= 0.3 is 0 Å². The van der Waals surface area contributed by atoms with E-state index < -0.39 is 9.84 Å². The number of nitrogens with two attached hydrogens (primary N) is 1.